The molecular formula is C12H16N4O4. The summed E-state index contributed by atoms with van der Waals surface area (Å²) >= 11 is 0. The first-order chi connectivity index (χ1) is 9.51. The van der Waals surface area contributed by atoms with Crippen LogP contribution in [0.1, 0.15) is 12.8 Å². The molecule has 0 saturated carbocycles. The number of hydrogen-bond donors (Lipinski definition) is 1. The number of piperidine rings is 1. The van der Waals surface area contributed by atoms with Crippen LogP contribution in [0, 0.1) is 10.1 Å². The third-order valence-corrected chi connectivity index (χ3v) is 3.22. The molecule has 2 rings (SSSR count). The zero-order chi connectivity index (χ0) is 14.7. The lowest BCUT2D eigenvalue weighted by Crippen LogP contribution is -2.43. The highest BCUT2D eigenvalue weighted by Crippen LogP contribution is 2.26. The summed E-state index contributed by atoms with van der Waals surface area (Å²) in [6, 6.07) is 2.74. The molecule has 1 aliphatic heterocycles. The van der Waals surface area contributed by atoms with Crippen LogP contribution in [0.25, 0.3) is 0 Å². The fraction of sp³-hybridized carbons (Fsp3) is 0.500. The zero-order valence-corrected chi connectivity index (χ0v) is 11.3. The molecule has 0 radical (unpaired) electrons. The van der Waals surface area contributed by atoms with E-state index in [9.17, 15) is 14.9 Å². The number of nitrogens with zero attached hydrogens (tertiary/aromatic N) is 3. The number of pyridine rings is 1. The molecule has 1 aliphatic rings. The number of methoxy groups -OCH3 is 1. The molecule has 8 heteroatoms. The Kier molecular flexibility index (Phi) is 4.02. The van der Waals surface area contributed by atoms with Gasteiger partial charge in [-0.1, -0.05) is 0 Å². The van der Waals surface area contributed by atoms with Gasteiger partial charge in [0, 0.05) is 38.2 Å². The maximum Gasteiger partial charge on any atom is 0.311 e. The summed E-state index contributed by atoms with van der Waals surface area (Å²) in [5.41, 5.74) is -0.106. The lowest BCUT2D eigenvalue weighted by Gasteiger charge is -2.30. The second-order valence-electron chi connectivity index (χ2n) is 4.63. The van der Waals surface area contributed by atoms with Crippen LogP contribution in [0.15, 0.2) is 12.1 Å². The topological polar surface area (TPSA) is 97.6 Å². The van der Waals surface area contributed by atoms with Crippen molar-refractivity contribution in [2.24, 2.45) is 0 Å². The number of rotatable bonds is 4. The number of likely N-dealkylation sites (tertiary alicyclic amines) is 1. The molecule has 0 bridgehead atoms. The fourth-order valence-corrected chi connectivity index (χ4v) is 2.12. The van der Waals surface area contributed by atoms with Crippen molar-refractivity contribution in [2.75, 3.05) is 26.0 Å². The van der Waals surface area contributed by atoms with Crippen LogP contribution in [-0.4, -0.2) is 47.5 Å². The first-order valence-corrected chi connectivity index (χ1v) is 6.21. The van der Waals surface area contributed by atoms with Crippen molar-refractivity contribution >= 4 is 17.4 Å². The Labute approximate surface area is 115 Å². The van der Waals surface area contributed by atoms with Crippen molar-refractivity contribution in [1.29, 1.82) is 0 Å². The molecule has 0 aliphatic carbocycles. The first kappa shape index (κ1) is 14.0. The fourth-order valence-electron chi connectivity index (χ4n) is 2.12. The van der Waals surface area contributed by atoms with Crippen LogP contribution >= 0.6 is 0 Å². The maximum atomic E-state index is 11.4. The van der Waals surface area contributed by atoms with E-state index in [0.717, 1.165) is 0 Å². The summed E-state index contributed by atoms with van der Waals surface area (Å²) in [4.78, 5) is 27.6. The average molecular weight is 280 g/mol. The van der Waals surface area contributed by atoms with Crippen LogP contribution in [-0.2, 0) is 4.79 Å². The molecule has 1 atom stereocenters. The monoisotopic (exact) mass is 280 g/mol. The van der Waals surface area contributed by atoms with Crippen molar-refractivity contribution in [3.05, 3.63) is 22.2 Å². The highest BCUT2D eigenvalue weighted by atomic mass is 16.6. The van der Waals surface area contributed by atoms with Gasteiger partial charge in [-0.3, -0.25) is 14.9 Å². The summed E-state index contributed by atoms with van der Waals surface area (Å²) in [6.45, 7) is 0.495. The lowest BCUT2D eigenvalue weighted by atomic mass is 10.1. The predicted octanol–water partition coefficient (Wildman–Crippen LogP) is 1.03. The van der Waals surface area contributed by atoms with Gasteiger partial charge >= 0.3 is 5.69 Å². The van der Waals surface area contributed by atoms with Gasteiger partial charge in [0.25, 0.3) is 0 Å². The Morgan fingerprint density at radius 3 is 2.90 bits per heavy atom. The molecule has 1 aromatic rings. The number of aromatic nitrogens is 1. The minimum atomic E-state index is -0.494. The first-order valence-electron chi connectivity index (χ1n) is 6.21. The number of ether oxygens (including phenoxy) is 1. The van der Waals surface area contributed by atoms with E-state index in [2.05, 4.69) is 10.3 Å². The molecule has 108 valence electrons. The van der Waals surface area contributed by atoms with E-state index in [1.54, 1.807) is 11.9 Å². The van der Waals surface area contributed by atoms with Gasteiger partial charge in [0.2, 0.25) is 17.6 Å². The molecule has 1 fully saturated rings. The van der Waals surface area contributed by atoms with Crippen LogP contribution in [0.4, 0.5) is 11.5 Å². The van der Waals surface area contributed by atoms with Crippen LogP contribution in [0.5, 0.6) is 5.88 Å². The molecule has 8 nitrogen and oxygen atoms in total. The molecule has 2 heterocycles. The van der Waals surface area contributed by atoms with E-state index in [-0.39, 0.29) is 23.5 Å². The van der Waals surface area contributed by atoms with Gasteiger partial charge in [0.05, 0.1) is 12.0 Å². The Balaban J connectivity index is 2.19. The second-order valence-corrected chi connectivity index (χ2v) is 4.63. The van der Waals surface area contributed by atoms with Gasteiger partial charge in [0.1, 0.15) is 0 Å². The molecule has 0 aromatic carbocycles. The number of nitrogens with one attached hydrogen (secondary N) is 1. The number of nitro groups is 1. The van der Waals surface area contributed by atoms with Gasteiger partial charge in [-0.05, 0) is 6.42 Å². The predicted molar refractivity (Wildman–Crippen MR) is 71.7 cm³/mol. The van der Waals surface area contributed by atoms with E-state index >= 15 is 0 Å². The van der Waals surface area contributed by atoms with E-state index in [0.29, 0.717) is 25.3 Å². The Bertz CT molecular complexity index is 534. The molecule has 1 unspecified atom stereocenters. The number of likely N-dealkylation sites (N-methyl/N-ethyl adjacent to an activating group) is 1. The number of carbonyl (C=O) groups excluding carboxylic acids is 1. The standard InChI is InChI=1S/C12H16N4O4/c1-15-7-8(3-6-11(15)17)13-12-9(16(18)19)4-5-10(14-12)20-2/h4-5,8H,3,6-7H2,1-2H3,(H,13,14). The minimum Gasteiger partial charge on any atom is -0.481 e. The summed E-state index contributed by atoms with van der Waals surface area (Å²) in [7, 11) is 3.16. The van der Waals surface area contributed by atoms with E-state index in [4.69, 9.17) is 4.74 Å². The summed E-state index contributed by atoms with van der Waals surface area (Å²) in [6.07, 6.45) is 1.05. The second kappa shape index (κ2) is 5.72. The molecule has 20 heavy (non-hydrogen) atoms. The van der Waals surface area contributed by atoms with Crippen molar-refractivity contribution < 1.29 is 14.5 Å². The van der Waals surface area contributed by atoms with Crippen LogP contribution < -0.4 is 10.1 Å². The quantitative estimate of drug-likeness (QED) is 0.653. The largest absolute Gasteiger partial charge is 0.481 e. The highest BCUT2D eigenvalue weighted by molar-refractivity contribution is 5.77. The van der Waals surface area contributed by atoms with Gasteiger partial charge in [-0.15, -0.1) is 0 Å². The van der Waals surface area contributed by atoms with E-state index < -0.39 is 4.92 Å². The normalized spacial score (nSPS) is 18.8. The lowest BCUT2D eigenvalue weighted by molar-refractivity contribution is -0.384. The van der Waals surface area contributed by atoms with Crippen LogP contribution in [0.2, 0.25) is 0 Å². The molecule has 1 saturated heterocycles. The van der Waals surface area contributed by atoms with Crippen molar-refractivity contribution in [3.8, 4) is 5.88 Å². The number of carbonyl (C=O) groups is 1. The number of anilines is 1. The minimum absolute atomic E-state index is 0.0593. The molecule has 1 amide bonds. The third-order valence-electron chi connectivity index (χ3n) is 3.22. The van der Waals surface area contributed by atoms with Gasteiger partial charge in [-0.2, -0.15) is 4.98 Å². The van der Waals surface area contributed by atoms with E-state index in [1.165, 1.54) is 19.2 Å². The Morgan fingerprint density at radius 1 is 1.55 bits per heavy atom. The van der Waals surface area contributed by atoms with E-state index in [1.807, 2.05) is 0 Å². The smallest absolute Gasteiger partial charge is 0.311 e. The summed E-state index contributed by atoms with van der Waals surface area (Å²) in [5.74, 6) is 0.552. The summed E-state index contributed by atoms with van der Waals surface area (Å²) in [5, 5.41) is 14.0. The molecular weight excluding hydrogens is 264 g/mol. The molecule has 1 N–H and O–H groups in total. The SMILES string of the molecule is COc1ccc([N+](=O)[O-])c(NC2CCC(=O)N(C)C2)n1. The van der Waals surface area contributed by atoms with Crippen LogP contribution in [0.3, 0.4) is 0 Å². The zero-order valence-electron chi connectivity index (χ0n) is 11.3. The maximum absolute atomic E-state index is 11.4. The Hall–Kier alpha value is -2.38. The van der Waals surface area contributed by atoms with Crippen molar-refractivity contribution in [2.45, 2.75) is 18.9 Å². The van der Waals surface area contributed by atoms with Gasteiger partial charge < -0.3 is 15.0 Å². The van der Waals surface area contributed by atoms with Gasteiger partial charge in [0.15, 0.2) is 0 Å². The summed E-state index contributed by atoms with van der Waals surface area (Å²) < 4.78 is 4.98. The molecule has 0 spiro atoms. The Morgan fingerprint density at radius 2 is 2.30 bits per heavy atom. The number of hydrogen-bond acceptors (Lipinski definition) is 6. The van der Waals surface area contributed by atoms with Crippen molar-refractivity contribution in [1.82, 2.24) is 9.88 Å². The third kappa shape index (κ3) is 2.95. The van der Waals surface area contributed by atoms with Gasteiger partial charge in [-0.25, -0.2) is 0 Å². The highest BCUT2D eigenvalue weighted by Gasteiger charge is 2.26. The van der Waals surface area contributed by atoms with Crippen molar-refractivity contribution in [3.63, 3.8) is 0 Å². The molecule has 1 aromatic heterocycles. The average Bonchev–Trinajstić information content (AvgIpc) is 2.42. The number of amides is 1.